The Morgan fingerprint density at radius 3 is 1.76 bits per heavy atom. The average Bonchev–Trinajstić information content (AvgIpc) is 3.35. The molecule has 0 aliphatic carbocycles. The number of furan rings is 1. The predicted octanol–water partition coefficient (Wildman–Crippen LogP) is 9.20. The van der Waals surface area contributed by atoms with Crippen LogP contribution in [-0.2, 0) is 0 Å². The third-order valence-electron chi connectivity index (χ3n) is 6.58. The maximum Gasteiger partial charge on any atom is 0.164 e. The summed E-state index contributed by atoms with van der Waals surface area (Å²) in [5.74, 6) is 1.83. The van der Waals surface area contributed by atoms with E-state index in [0.29, 0.717) is 17.5 Å². The van der Waals surface area contributed by atoms with E-state index in [4.69, 9.17) is 19.4 Å². The zero-order chi connectivity index (χ0) is 25.5. The van der Waals surface area contributed by atoms with E-state index in [1.54, 1.807) is 0 Å². The van der Waals surface area contributed by atoms with Gasteiger partial charge >= 0.3 is 0 Å². The summed E-state index contributed by atoms with van der Waals surface area (Å²) in [6, 6.07) is 40.9. The highest BCUT2D eigenvalue weighted by molar-refractivity contribution is 9.10. The van der Waals surface area contributed by atoms with Gasteiger partial charge in [-0.05, 0) is 47.5 Å². The largest absolute Gasteiger partial charge is 0.456 e. The van der Waals surface area contributed by atoms with E-state index in [2.05, 4.69) is 58.4 Å². The fraction of sp³-hybridized carbons (Fsp3) is 0. The molecule has 2 heterocycles. The van der Waals surface area contributed by atoms with Gasteiger partial charge in [0.2, 0.25) is 0 Å². The Morgan fingerprint density at radius 1 is 0.421 bits per heavy atom. The molecule has 5 heteroatoms. The molecule has 0 spiro atoms. The SMILES string of the molecule is Brc1cccc(-c2nc(-c3cccc(-c4ccccc4)c3)nc(-c3ccc4c(c3)oc3ccccc34)n2)c1. The summed E-state index contributed by atoms with van der Waals surface area (Å²) in [5.41, 5.74) is 6.63. The van der Waals surface area contributed by atoms with Crippen molar-refractivity contribution in [1.82, 2.24) is 15.0 Å². The molecule has 0 fully saturated rings. The van der Waals surface area contributed by atoms with Gasteiger partial charge < -0.3 is 4.42 Å². The second-order valence-electron chi connectivity index (χ2n) is 9.07. The predicted molar refractivity (Wildman–Crippen MR) is 157 cm³/mol. The summed E-state index contributed by atoms with van der Waals surface area (Å²) in [7, 11) is 0. The first-order valence-corrected chi connectivity index (χ1v) is 13.1. The zero-order valence-corrected chi connectivity index (χ0v) is 21.8. The van der Waals surface area contributed by atoms with E-state index in [-0.39, 0.29) is 0 Å². The van der Waals surface area contributed by atoms with Gasteiger partial charge in [-0.2, -0.15) is 0 Å². The van der Waals surface area contributed by atoms with Crippen LogP contribution in [0.25, 0.3) is 67.2 Å². The number of aromatic nitrogens is 3. The molecule has 2 aromatic heterocycles. The minimum absolute atomic E-state index is 0.595. The first-order valence-electron chi connectivity index (χ1n) is 12.3. The number of rotatable bonds is 4. The van der Waals surface area contributed by atoms with Crippen LogP contribution in [0.3, 0.4) is 0 Å². The van der Waals surface area contributed by atoms with Gasteiger partial charge in [-0.15, -0.1) is 0 Å². The Labute approximate surface area is 227 Å². The fourth-order valence-corrected chi connectivity index (χ4v) is 5.12. The van der Waals surface area contributed by atoms with Gasteiger partial charge in [0.25, 0.3) is 0 Å². The number of hydrogen-bond donors (Lipinski definition) is 0. The summed E-state index contributed by atoms with van der Waals surface area (Å²) < 4.78 is 7.11. The molecule has 0 unspecified atom stereocenters. The van der Waals surface area contributed by atoms with Crippen molar-refractivity contribution in [1.29, 1.82) is 0 Å². The van der Waals surface area contributed by atoms with E-state index in [9.17, 15) is 0 Å². The Morgan fingerprint density at radius 2 is 1.00 bits per heavy atom. The average molecular weight is 554 g/mol. The molecule has 0 bridgehead atoms. The van der Waals surface area contributed by atoms with Crippen LogP contribution in [0, 0.1) is 0 Å². The molecule has 7 aromatic rings. The van der Waals surface area contributed by atoms with Crippen LogP contribution >= 0.6 is 15.9 Å². The number of hydrogen-bond acceptors (Lipinski definition) is 4. The van der Waals surface area contributed by atoms with Crippen LogP contribution in [0.4, 0.5) is 0 Å². The van der Waals surface area contributed by atoms with Crippen molar-refractivity contribution in [2.75, 3.05) is 0 Å². The Kier molecular flexibility index (Phi) is 5.56. The first kappa shape index (κ1) is 22.6. The molecular formula is C33H20BrN3O. The van der Waals surface area contributed by atoms with E-state index in [1.165, 1.54) is 0 Å². The molecule has 0 aliphatic rings. The maximum atomic E-state index is 6.15. The number of halogens is 1. The summed E-state index contributed by atoms with van der Waals surface area (Å²) >= 11 is 3.58. The minimum atomic E-state index is 0.595. The van der Waals surface area contributed by atoms with Gasteiger partial charge in [0.15, 0.2) is 17.5 Å². The molecule has 7 rings (SSSR count). The highest BCUT2D eigenvalue weighted by atomic mass is 79.9. The monoisotopic (exact) mass is 553 g/mol. The lowest BCUT2D eigenvalue weighted by atomic mass is 10.0. The van der Waals surface area contributed by atoms with Gasteiger partial charge in [0.05, 0.1) is 0 Å². The molecule has 38 heavy (non-hydrogen) atoms. The molecule has 4 nitrogen and oxygen atoms in total. The maximum absolute atomic E-state index is 6.15. The van der Waals surface area contributed by atoms with Crippen LogP contribution in [0.1, 0.15) is 0 Å². The molecule has 180 valence electrons. The lowest BCUT2D eigenvalue weighted by Gasteiger charge is -2.10. The number of nitrogens with zero attached hydrogens (tertiary/aromatic N) is 3. The van der Waals surface area contributed by atoms with Crippen molar-refractivity contribution >= 4 is 37.9 Å². The van der Waals surface area contributed by atoms with Gasteiger partial charge in [0.1, 0.15) is 11.2 Å². The van der Waals surface area contributed by atoms with Crippen molar-refractivity contribution in [3.63, 3.8) is 0 Å². The smallest absolute Gasteiger partial charge is 0.164 e. The Bertz CT molecular complexity index is 1950. The lowest BCUT2D eigenvalue weighted by Crippen LogP contribution is -2.00. The standard InChI is InChI=1S/C33H20BrN3O/c34-26-13-7-12-24(19-26)32-35-31(23-11-6-10-22(18-23)21-8-2-1-3-9-21)36-33(37-32)25-16-17-28-27-14-4-5-15-29(27)38-30(28)20-25/h1-20H. The molecule has 0 amide bonds. The van der Waals surface area contributed by atoms with Crippen molar-refractivity contribution in [2.45, 2.75) is 0 Å². The number of fused-ring (bicyclic) bond motifs is 3. The van der Waals surface area contributed by atoms with Crippen LogP contribution in [0.5, 0.6) is 0 Å². The van der Waals surface area contributed by atoms with Gasteiger partial charge in [-0.25, -0.2) is 15.0 Å². The second-order valence-corrected chi connectivity index (χ2v) is 9.99. The van der Waals surface area contributed by atoms with Gasteiger partial charge in [0, 0.05) is 31.9 Å². The first-order chi connectivity index (χ1) is 18.7. The Hall–Kier alpha value is -4.61. The topological polar surface area (TPSA) is 51.8 Å². The van der Waals surface area contributed by atoms with Crippen LogP contribution in [0.15, 0.2) is 130 Å². The van der Waals surface area contributed by atoms with Crippen LogP contribution in [0.2, 0.25) is 0 Å². The van der Waals surface area contributed by atoms with E-state index in [0.717, 1.165) is 54.2 Å². The molecule has 0 aliphatic heterocycles. The summed E-state index contributed by atoms with van der Waals surface area (Å²) in [6.45, 7) is 0. The lowest BCUT2D eigenvalue weighted by molar-refractivity contribution is 0.669. The van der Waals surface area contributed by atoms with Crippen molar-refractivity contribution in [3.05, 3.63) is 126 Å². The molecule has 5 aromatic carbocycles. The number of para-hydroxylation sites is 1. The zero-order valence-electron chi connectivity index (χ0n) is 20.2. The number of benzene rings is 5. The molecule has 0 atom stereocenters. The quantitative estimate of drug-likeness (QED) is 0.218. The third-order valence-corrected chi connectivity index (χ3v) is 7.08. The van der Waals surface area contributed by atoms with Crippen LogP contribution < -0.4 is 0 Å². The summed E-state index contributed by atoms with van der Waals surface area (Å²) in [4.78, 5) is 14.7. The molecule has 0 radical (unpaired) electrons. The summed E-state index contributed by atoms with van der Waals surface area (Å²) in [5, 5.41) is 2.17. The van der Waals surface area contributed by atoms with Crippen molar-refractivity contribution in [2.24, 2.45) is 0 Å². The van der Waals surface area contributed by atoms with Gasteiger partial charge in [-0.3, -0.25) is 0 Å². The second kappa shape index (κ2) is 9.36. The third kappa shape index (κ3) is 4.17. The molecule has 0 saturated carbocycles. The Balaban J connectivity index is 1.41. The van der Waals surface area contributed by atoms with Crippen molar-refractivity contribution in [3.8, 4) is 45.3 Å². The van der Waals surface area contributed by atoms with Crippen molar-refractivity contribution < 1.29 is 4.42 Å². The van der Waals surface area contributed by atoms with E-state index >= 15 is 0 Å². The van der Waals surface area contributed by atoms with Crippen LogP contribution in [-0.4, -0.2) is 15.0 Å². The highest BCUT2D eigenvalue weighted by Gasteiger charge is 2.15. The normalized spacial score (nSPS) is 11.3. The van der Waals surface area contributed by atoms with E-state index < -0.39 is 0 Å². The minimum Gasteiger partial charge on any atom is -0.456 e. The molecule has 0 saturated heterocycles. The summed E-state index contributed by atoms with van der Waals surface area (Å²) in [6.07, 6.45) is 0. The molecule has 0 N–H and O–H groups in total. The fourth-order valence-electron chi connectivity index (χ4n) is 4.72. The highest BCUT2D eigenvalue weighted by Crippen LogP contribution is 2.33. The van der Waals surface area contributed by atoms with Gasteiger partial charge in [-0.1, -0.05) is 101 Å². The van der Waals surface area contributed by atoms with E-state index in [1.807, 2.05) is 78.9 Å². The molecular weight excluding hydrogens is 534 g/mol.